The number of ether oxygens (including phenoxy) is 2. The molecule has 0 aliphatic rings. The summed E-state index contributed by atoms with van der Waals surface area (Å²) in [5.41, 5.74) is 5.57. The van der Waals surface area contributed by atoms with Crippen molar-refractivity contribution in [2.75, 3.05) is 30.2 Å². The molecule has 48 heavy (non-hydrogen) atoms. The van der Waals surface area contributed by atoms with Crippen LogP contribution in [-0.2, 0) is 9.59 Å². The van der Waals surface area contributed by atoms with E-state index >= 15 is 0 Å². The average molecular weight is 743 g/mol. The van der Waals surface area contributed by atoms with Gasteiger partial charge < -0.3 is 25.4 Å². The van der Waals surface area contributed by atoms with Crippen LogP contribution in [0.25, 0.3) is 32.3 Å². The predicted molar refractivity (Wildman–Crippen MR) is 193 cm³/mol. The van der Waals surface area contributed by atoms with Crippen LogP contribution in [0.1, 0.15) is 12.8 Å². The maximum Gasteiger partial charge on any atom is 0.226 e. The van der Waals surface area contributed by atoms with E-state index in [0.717, 1.165) is 38.1 Å². The molecule has 0 radical (unpaired) electrons. The Hall–Kier alpha value is -5.18. The number of aromatic nitrogens is 4. The number of rotatable bonds is 12. The van der Waals surface area contributed by atoms with Gasteiger partial charge in [-0.15, -0.1) is 20.4 Å². The zero-order valence-electron chi connectivity index (χ0n) is 25.7. The van der Waals surface area contributed by atoms with Crippen LogP contribution >= 0.6 is 38.6 Å². The summed E-state index contributed by atoms with van der Waals surface area (Å²) >= 11 is 5.92. The van der Waals surface area contributed by atoms with Crippen molar-refractivity contribution in [3.63, 3.8) is 0 Å². The molecular weight excluding hydrogens is 714 g/mol. The minimum atomic E-state index is -0.339. The lowest BCUT2D eigenvalue weighted by atomic mass is 10.0. The van der Waals surface area contributed by atoms with E-state index in [4.69, 9.17) is 9.47 Å². The lowest BCUT2D eigenvalue weighted by molar-refractivity contribution is -0.121. The number of hydrogen-bond donors (Lipinski definition) is 3. The van der Waals surface area contributed by atoms with Crippen LogP contribution in [0.4, 0.5) is 21.6 Å². The summed E-state index contributed by atoms with van der Waals surface area (Å²) in [6.45, 7) is 0. The number of hydrogen-bond acceptors (Lipinski definition) is 11. The van der Waals surface area contributed by atoms with E-state index in [-0.39, 0.29) is 24.7 Å². The first-order valence-electron chi connectivity index (χ1n) is 14.6. The van der Waals surface area contributed by atoms with Gasteiger partial charge in [0.15, 0.2) is 11.5 Å². The molecule has 2 heterocycles. The van der Waals surface area contributed by atoms with E-state index in [9.17, 15) is 9.59 Å². The fraction of sp³-hybridized carbons (Fsp3) is 0.118. The van der Waals surface area contributed by atoms with Gasteiger partial charge in [-0.3, -0.25) is 9.59 Å². The van der Waals surface area contributed by atoms with Gasteiger partial charge in [0.2, 0.25) is 22.1 Å². The van der Waals surface area contributed by atoms with Crippen molar-refractivity contribution >= 4 is 72.1 Å². The second-order valence-corrected chi connectivity index (χ2v) is 13.1. The highest BCUT2D eigenvalue weighted by Crippen LogP contribution is 2.37. The number of nitrogens with one attached hydrogen (secondary N) is 3. The summed E-state index contributed by atoms with van der Waals surface area (Å²) in [5.74, 6) is 0.653. The number of methoxy groups -OCH3 is 2. The van der Waals surface area contributed by atoms with E-state index in [1.807, 2.05) is 91.0 Å². The Labute approximate surface area is 292 Å². The first-order valence-corrected chi connectivity index (χ1v) is 17.0. The number of halogens is 1. The zero-order valence-corrected chi connectivity index (χ0v) is 28.9. The maximum atomic E-state index is 12.5. The minimum Gasteiger partial charge on any atom is -0.493 e. The molecule has 0 atom stereocenters. The van der Waals surface area contributed by atoms with Crippen molar-refractivity contribution in [2.45, 2.75) is 12.8 Å². The van der Waals surface area contributed by atoms with E-state index in [2.05, 4.69) is 52.3 Å². The highest BCUT2D eigenvalue weighted by Gasteiger charge is 2.15. The van der Waals surface area contributed by atoms with E-state index in [1.54, 1.807) is 14.2 Å². The zero-order chi connectivity index (χ0) is 33.5. The minimum absolute atomic E-state index is 0.0196. The topological polar surface area (TPSA) is 140 Å². The Morgan fingerprint density at radius 2 is 1.21 bits per heavy atom. The van der Waals surface area contributed by atoms with Gasteiger partial charge in [0.25, 0.3) is 0 Å². The highest BCUT2D eigenvalue weighted by atomic mass is 79.9. The fourth-order valence-electron chi connectivity index (χ4n) is 4.66. The van der Waals surface area contributed by atoms with E-state index < -0.39 is 0 Å². The quantitative estimate of drug-likeness (QED) is 0.113. The summed E-state index contributed by atoms with van der Waals surface area (Å²) in [6, 6.07) is 29.3. The number of anilines is 4. The molecule has 4 aromatic carbocycles. The molecule has 2 aromatic heterocycles. The van der Waals surface area contributed by atoms with Gasteiger partial charge in [0.1, 0.15) is 10.0 Å². The summed E-state index contributed by atoms with van der Waals surface area (Å²) in [4.78, 5) is 25.0. The summed E-state index contributed by atoms with van der Waals surface area (Å²) < 4.78 is 11.8. The van der Waals surface area contributed by atoms with Gasteiger partial charge in [-0.2, -0.15) is 0 Å². The molecule has 0 saturated heterocycles. The molecule has 0 saturated carbocycles. The molecule has 0 fully saturated rings. The Morgan fingerprint density at radius 1 is 0.667 bits per heavy atom. The van der Waals surface area contributed by atoms with Gasteiger partial charge in [0, 0.05) is 45.4 Å². The lowest BCUT2D eigenvalue weighted by Gasteiger charge is -2.14. The SMILES string of the molecule is COc1ccc(-c2ccccc2Nc2ccc(-c3nnc(NC(=O)CCC(=O)Nc4nnc(-c5ccc(Br)cc5)s4)s3)cc2)cc1OC. The largest absolute Gasteiger partial charge is 0.493 e. The molecule has 11 nitrogen and oxygen atoms in total. The molecule has 0 aliphatic heterocycles. The summed E-state index contributed by atoms with van der Waals surface area (Å²) in [7, 11) is 3.23. The Morgan fingerprint density at radius 3 is 1.79 bits per heavy atom. The first-order chi connectivity index (χ1) is 23.4. The van der Waals surface area contributed by atoms with Crippen LogP contribution in [-0.4, -0.2) is 46.4 Å². The number of amides is 2. The Balaban J connectivity index is 1.02. The molecular formula is C34H28BrN7O4S2. The molecule has 2 amide bonds. The molecule has 0 aliphatic carbocycles. The van der Waals surface area contributed by atoms with Crippen LogP contribution in [0.5, 0.6) is 11.5 Å². The van der Waals surface area contributed by atoms with Crippen molar-refractivity contribution in [3.8, 4) is 43.8 Å². The van der Waals surface area contributed by atoms with Gasteiger partial charge in [-0.1, -0.05) is 75.0 Å². The van der Waals surface area contributed by atoms with Crippen LogP contribution in [0, 0.1) is 0 Å². The molecule has 242 valence electrons. The molecule has 6 rings (SSSR count). The van der Waals surface area contributed by atoms with Crippen molar-refractivity contribution in [1.29, 1.82) is 0 Å². The predicted octanol–water partition coefficient (Wildman–Crippen LogP) is 8.27. The lowest BCUT2D eigenvalue weighted by Crippen LogP contribution is -2.17. The smallest absolute Gasteiger partial charge is 0.226 e. The van der Waals surface area contributed by atoms with Gasteiger partial charge in [-0.05, 0) is 60.2 Å². The monoisotopic (exact) mass is 741 g/mol. The van der Waals surface area contributed by atoms with Crippen molar-refractivity contribution in [2.24, 2.45) is 0 Å². The van der Waals surface area contributed by atoms with Crippen LogP contribution in [0.2, 0.25) is 0 Å². The number of para-hydroxylation sites is 1. The Bertz CT molecular complexity index is 2050. The number of benzene rings is 4. The molecule has 0 spiro atoms. The van der Waals surface area contributed by atoms with Crippen molar-refractivity contribution < 1.29 is 19.1 Å². The standard InChI is InChI=1S/C34H28BrN7O4S2/c1-45-27-16-11-22(19-28(27)46-2)25-5-3-4-6-26(25)36-24-14-9-21(10-15-24)32-40-42-34(48-32)38-30(44)18-17-29(43)37-33-41-39-31(47-33)20-7-12-23(35)13-8-20/h3-16,19,36H,17-18H2,1-2H3,(H,37,41,43)(H,38,42,44). The molecule has 0 bridgehead atoms. The maximum absolute atomic E-state index is 12.5. The third-order valence-corrected chi connectivity index (χ3v) is 9.35. The Kier molecular flexibility index (Phi) is 10.3. The number of carbonyl (C=O) groups is 2. The molecule has 3 N–H and O–H groups in total. The average Bonchev–Trinajstić information content (AvgIpc) is 3.78. The molecule has 0 unspecified atom stereocenters. The third-order valence-electron chi connectivity index (χ3n) is 7.05. The molecule has 6 aromatic rings. The molecule has 14 heteroatoms. The summed E-state index contributed by atoms with van der Waals surface area (Å²) in [5, 5.41) is 27.5. The summed E-state index contributed by atoms with van der Waals surface area (Å²) in [6.07, 6.45) is -0.0431. The fourth-order valence-corrected chi connectivity index (χ4v) is 6.46. The van der Waals surface area contributed by atoms with Gasteiger partial charge in [-0.25, -0.2) is 0 Å². The van der Waals surface area contributed by atoms with Crippen LogP contribution in [0.3, 0.4) is 0 Å². The van der Waals surface area contributed by atoms with Crippen LogP contribution < -0.4 is 25.4 Å². The third kappa shape index (κ3) is 8.02. The van der Waals surface area contributed by atoms with Crippen LogP contribution in [0.15, 0.2) is 95.5 Å². The van der Waals surface area contributed by atoms with Crippen molar-refractivity contribution in [1.82, 2.24) is 20.4 Å². The van der Waals surface area contributed by atoms with Crippen molar-refractivity contribution in [3.05, 3.63) is 95.5 Å². The first kappa shape index (κ1) is 32.7. The second-order valence-electron chi connectivity index (χ2n) is 10.2. The van der Waals surface area contributed by atoms with Gasteiger partial charge in [0.05, 0.1) is 14.2 Å². The van der Waals surface area contributed by atoms with E-state index in [1.165, 1.54) is 22.7 Å². The number of nitrogens with zero attached hydrogens (tertiary/aromatic N) is 4. The number of carbonyl (C=O) groups excluding carboxylic acids is 2. The van der Waals surface area contributed by atoms with E-state index in [0.29, 0.717) is 31.8 Å². The normalized spacial score (nSPS) is 10.7. The van der Waals surface area contributed by atoms with Gasteiger partial charge >= 0.3 is 0 Å². The highest BCUT2D eigenvalue weighted by molar-refractivity contribution is 9.10. The second kappa shape index (κ2) is 15.2.